The molecule has 1 fully saturated rings. The van der Waals surface area contributed by atoms with Crippen LogP contribution in [0.1, 0.15) is 11.1 Å². The van der Waals surface area contributed by atoms with E-state index in [1.807, 2.05) is 30.3 Å². The number of anilines is 1. The van der Waals surface area contributed by atoms with Gasteiger partial charge in [-0.2, -0.15) is 0 Å². The van der Waals surface area contributed by atoms with Gasteiger partial charge in [-0.15, -0.1) is 6.58 Å². The van der Waals surface area contributed by atoms with Crippen molar-refractivity contribution >= 4 is 57.3 Å². The van der Waals surface area contributed by atoms with E-state index in [1.165, 1.54) is 9.80 Å². The Bertz CT molecular complexity index is 1140. The Hall–Kier alpha value is -3.23. The molecule has 0 radical (unpaired) electrons. The maximum absolute atomic E-state index is 13.3. The summed E-state index contributed by atoms with van der Waals surface area (Å²) in [4.78, 5) is 42.0. The summed E-state index contributed by atoms with van der Waals surface area (Å²) in [7, 11) is 0. The fourth-order valence-electron chi connectivity index (χ4n) is 3.68. The lowest BCUT2D eigenvalue weighted by atomic mass is 10.1. The van der Waals surface area contributed by atoms with Gasteiger partial charge < -0.3 is 5.32 Å². The van der Waals surface area contributed by atoms with Crippen molar-refractivity contribution in [3.05, 3.63) is 83.3 Å². The highest BCUT2D eigenvalue weighted by Crippen LogP contribution is 2.44. The van der Waals surface area contributed by atoms with Crippen LogP contribution in [-0.2, 0) is 20.8 Å². The molecular weight excluding hydrogens is 442 g/mol. The number of para-hydroxylation sites is 1. The van der Waals surface area contributed by atoms with Crippen LogP contribution in [0.15, 0.2) is 72.2 Å². The molecule has 1 N–H and O–H groups in total. The number of nitrogens with zero attached hydrogens (tertiary/aromatic N) is 2. The van der Waals surface area contributed by atoms with Gasteiger partial charge in [-0.25, -0.2) is 0 Å². The van der Waals surface area contributed by atoms with Crippen LogP contribution >= 0.6 is 24.0 Å². The molecule has 2 aromatic carbocycles. The monoisotopic (exact) mass is 463 g/mol. The van der Waals surface area contributed by atoms with E-state index >= 15 is 0 Å². The standard InChI is InChI=1S/C24H21N3O3S2/c1-2-14-26-23(30)21(32-24(26)31)20-17-10-6-7-11-18(17)27(22(20)29)15-19(28)25-13-12-16-8-4-3-5-9-16/h2-11H,1,12-15H2,(H,25,28). The topological polar surface area (TPSA) is 69.7 Å². The fourth-order valence-corrected chi connectivity index (χ4v) is 5.03. The third-order valence-corrected chi connectivity index (χ3v) is 6.64. The molecule has 6 nitrogen and oxygen atoms in total. The van der Waals surface area contributed by atoms with E-state index in [-0.39, 0.29) is 30.8 Å². The number of nitrogens with one attached hydrogen (secondary N) is 1. The molecule has 2 heterocycles. The second-order valence-electron chi connectivity index (χ2n) is 7.27. The van der Waals surface area contributed by atoms with Crippen LogP contribution in [0.2, 0.25) is 0 Å². The number of benzene rings is 2. The van der Waals surface area contributed by atoms with E-state index < -0.39 is 0 Å². The van der Waals surface area contributed by atoms with Gasteiger partial charge in [0.1, 0.15) is 10.9 Å². The van der Waals surface area contributed by atoms with Crippen molar-refractivity contribution < 1.29 is 14.4 Å². The maximum Gasteiger partial charge on any atom is 0.267 e. The Morgan fingerprint density at radius 2 is 1.75 bits per heavy atom. The largest absolute Gasteiger partial charge is 0.354 e. The second kappa shape index (κ2) is 9.50. The van der Waals surface area contributed by atoms with E-state index in [0.29, 0.717) is 39.0 Å². The van der Waals surface area contributed by atoms with Crippen LogP contribution < -0.4 is 10.2 Å². The molecule has 0 saturated carbocycles. The zero-order chi connectivity index (χ0) is 22.7. The Kier molecular flexibility index (Phi) is 6.53. The molecule has 0 atom stereocenters. The SMILES string of the molecule is C=CCN1C(=O)C(=C2C(=O)N(CC(=O)NCCc3ccccc3)c3ccccc32)SC1=S. The van der Waals surface area contributed by atoms with Crippen molar-refractivity contribution in [2.24, 2.45) is 0 Å². The van der Waals surface area contributed by atoms with Gasteiger partial charge in [-0.05, 0) is 18.1 Å². The molecule has 0 aliphatic carbocycles. The van der Waals surface area contributed by atoms with Gasteiger partial charge in [0.05, 0.1) is 16.2 Å². The molecule has 0 bridgehead atoms. The highest BCUT2D eigenvalue weighted by atomic mass is 32.2. The lowest BCUT2D eigenvalue weighted by molar-refractivity contribution is -0.122. The quantitative estimate of drug-likeness (QED) is 0.388. The van der Waals surface area contributed by atoms with Crippen molar-refractivity contribution in [1.29, 1.82) is 0 Å². The van der Waals surface area contributed by atoms with E-state index in [9.17, 15) is 14.4 Å². The van der Waals surface area contributed by atoms with Gasteiger partial charge in [-0.1, -0.05) is 78.6 Å². The predicted molar refractivity (Wildman–Crippen MR) is 131 cm³/mol. The number of carbonyl (C=O) groups is 3. The van der Waals surface area contributed by atoms with Crippen LogP contribution in [0.3, 0.4) is 0 Å². The number of thioether (sulfide) groups is 1. The third kappa shape index (κ3) is 4.24. The van der Waals surface area contributed by atoms with E-state index in [2.05, 4.69) is 11.9 Å². The first-order valence-corrected chi connectivity index (χ1v) is 11.3. The molecule has 2 aliphatic rings. The summed E-state index contributed by atoms with van der Waals surface area (Å²) in [5.41, 5.74) is 2.66. The number of carbonyl (C=O) groups excluding carboxylic acids is 3. The fraction of sp³-hybridized carbons (Fsp3) is 0.167. The lowest BCUT2D eigenvalue weighted by Gasteiger charge is -2.16. The first kappa shape index (κ1) is 22.0. The van der Waals surface area contributed by atoms with Crippen molar-refractivity contribution in [3.8, 4) is 0 Å². The van der Waals surface area contributed by atoms with Crippen molar-refractivity contribution in [1.82, 2.24) is 10.2 Å². The summed E-state index contributed by atoms with van der Waals surface area (Å²) < 4.78 is 0.389. The van der Waals surface area contributed by atoms with E-state index in [1.54, 1.807) is 30.3 Å². The zero-order valence-electron chi connectivity index (χ0n) is 17.2. The molecule has 1 saturated heterocycles. The average molecular weight is 464 g/mol. The normalized spacial score (nSPS) is 17.7. The van der Waals surface area contributed by atoms with Gasteiger partial charge in [0.2, 0.25) is 5.91 Å². The Balaban J connectivity index is 1.53. The number of fused-ring (bicyclic) bond motifs is 1. The minimum atomic E-state index is -0.372. The minimum Gasteiger partial charge on any atom is -0.354 e. The molecular formula is C24H21N3O3S2. The summed E-state index contributed by atoms with van der Waals surface area (Å²) >= 11 is 6.43. The zero-order valence-corrected chi connectivity index (χ0v) is 18.9. The van der Waals surface area contributed by atoms with E-state index in [4.69, 9.17) is 12.2 Å². The van der Waals surface area contributed by atoms with Crippen LogP contribution in [-0.4, -0.2) is 46.6 Å². The smallest absolute Gasteiger partial charge is 0.267 e. The molecule has 32 heavy (non-hydrogen) atoms. The van der Waals surface area contributed by atoms with Gasteiger partial charge in [0.15, 0.2) is 0 Å². The molecule has 4 rings (SSSR count). The van der Waals surface area contributed by atoms with Crippen molar-refractivity contribution in [2.75, 3.05) is 24.5 Å². The number of hydrogen-bond donors (Lipinski definition) is 1. The van der Waals surface area contributed by atoms with Gasteiger partial charge >= 0.3 is 0 Å². The Morgan fingerprint density at radius 1 is 1.03 bits per heavy atom. The molecule has 0 spiro atoms. The highest BCUT2D eigenvalue weighted by molar-refractivity contribution is 8.26. The number of rotatable bonds is 7. The number of amides is 3. The molecule has 0 unspecified atom stereocenters. The molecule has 2 aliphatic heterocycles. The summed E-state index contributed by atoms with van der Waals surface area (Å²) in [5, 5.41) is 2.87. The highest BCUT2D eigenvalue weighted by Gasteiger charge is 2.42. The van der Waals surface area contributed by atoms with Crippen molar-refractivity contribution in [2.45, 2.75) is 6.42 Å². The van der Waals surface area contributed by atoms with Gasteiger partial charge in [-0.3, -0.25) is 24.2 Å². The number of hydrogen-bond acceptors (Lipinski definition) is 5. The first-order valence-electron chi connectivity index (χ1n) is 10.1. The summed E-state index contributed by atoms with van der Waals surface area (Å²) in [6.07, 6.45) is 2.29. The average Bonchev–Trinajstić information content (AvgIpc) is 3.22. The lowest BCUT2D eigenvalue weighted by Crippen LogP contribution is -2.39. The molecule has 2 aromatic rings. The Morgan fingerprint density at radius 3 is 2.50 bits per heavy atom. The van der Waals surface area contributed by atoms with Crippen LogP contribution in [0.25, 0.3) is 5.57 Å². The van der Waals surface area contributed by atoms with Gasteiger partial charge in [0, 0.05) is 18.7 Å². The molecule has 162 valence electrons. The molecule has 3 amide bonds. The first-order chi connectivity index (χ1) is 15.5. The summed E-state index contributed by atoms with van der Waals surface area (Å²) in [6, 6.07) is 17.0. The van der Waals surface area contributed by atoms with E-state index in [0.717, 1.165) is 17.3 Å². The van der Waals surface area contributed by atoms with Crippen LogP contribution in [0.4, 0.5) is 5.69 Å². The van der Waals surface area contributed by atoms with Crippen LogP contribution in [0, 0.1) is 0 Å². The van der Waals surface area contributed by atoms with Crippen LogP contribution in [0.5, 0.6) is 0 Å². The minimum absolute atomic E-state index is 0.124. The number of thiocarbonyl (C=S) groups is 1. The van der Waals surface area contributed by atoms with Gasteiger partial charge in [0.25, 0.3) is 11.8 Å². The maximum atomic E-state index is 13.3. The Labute approximate surface area is 196 Å². The summed E-state index contributed by atoms with van der Waals surface area (Å²) in [6.45, 7) is 4.29. The third-order valence-electron chi connectivity index (χ3n) is 5.19. The summed E-state index contributed by atoms with van der Waals surface area (Å²) in [5.74, 6) is -0.944. The second-order valence-corrected chi connectivity index (χ2v) is 8.91. The molecule has 0 aromatic heterocycles. The predicted octanol–water partition coefficient (Wildman–Crippen LogP) is 3.15. The molecule has 8 heteroatoms. The van der Waals surface area contributed by atoms with Crippen molar-refractivity contribution in [3.63, 3.8) is 0 Å².